The normalized spacial score (nSPS) is 19.4. The molecule has 23 heavy (non-hydrogen) atoms. The van der Waals surface area contributed by atoms with Crippen LogP contribution in [0.4, 0.5) is 5.69 Å². The van der Waals surface area contributed by atoms with Crippen LogP contribution in [0.2, 0.25) is 5.02 Å². The van der Waals surface area contributed by atoms with Gasteiger partial charge in [0.15, 0.2) is 11.4 Å². The molecule has 118 valence electrons. The summed E-state index contributed by atoms with van der Waals surface area (Å²) in [5.74, 6) is -0.925. The van der Waals surface area contributed by atoms with E-state index in [-0.39, 0.29) is 12.2 Å². The molecule has 1 atom stereocenters. The van der Waals surface area contributed by atoms with Gasteiger partial charge in [0, 0.05) is 20.6 Å². The number of Topliss-reactive ketones (excluding diaryl/α,β-unsaturated/α-hetero) is 1. The first kappa shape index (κ1) is 16.2. The molecule has 1 heterocycles. The van der Waals surface area contributed by atoms with E-state index in [0.717, 1.165) is 5.56 Å². The van der Waals surface area contributed by atoms with E-state index in [9.17, 15) is 14.7 Å². The molecule has 0 saturated carbocycles. The lowest BCUT2D eigenvalue weighted by Crippen LogP contribution is -2.36. The van der Waals surface area contributed by atoms with Crippen LogP contribution >= 0.6 is 27.5 Å². The second-order valence-corrected chi connectivity index (χ2v) is 6.88. The van der Waals surface area contributed by atoms with Gasteiger partial charge in [0.2, 0.25) is 0 Å². The van der Waals surface area contributed by atoms with Crippen molar-refractivity contribution in [1.29, 1.82) is 0 Å². The van der Waals surface area contributed by atoms with Crippen molar-refractivity contribution in [3.8, 4) is 0 Å². The lowest BCUT2D eigenvalue weighted by Gasteiger charge is -2.20. The number of halogens is 2. The van der Waals surface area contributed by atoms with Gasteiger partial charge in [-0.05, 0) is 58.7 Å². The summed E-state index contributed by atoms with van der Waals surface area (Å²) < 4.78 is 0.677. The molecule has 3 rings (SSSR count). The minimum atomic E-state index is -1.87. The first-order valence-electron chi connectivity index (χ1n) is 6.94. The van der Waals surface area contributed by atoms with E-state index in [1.54, 1.807) is 30.3 Å². The number of aliphatic hydroxyl groups is 1. The van der Waals surface area contributed by atoms with Crippen LogP contribution in [0.1, 0.15) is 27.9 Å². The van der Waals surface area contributed by atoms with Gasteiger partial charge in [-0.2, -0.15) is 0 Å². The maximum atomic E-state index is 12.4. The first-order chi connectivity index (χ1) is 10.8. The van der Waals surface area contributed by atoms with Crippen molar-refractivity contribution in [2.24, 2.45) is 0 Å². The molecule has 1 amide bonds. The molecular weight excluding hydrogens is 382 g/mol. The summed E-state index contributed by atoms with van der Waals surface area (Å²) >= 11 is 9.18. The fourth-order valence-corrected chi connectivity index (χ4v) is 3.48. The predicted octanol–water partition coefficient (Wildman–Crippen LogP) is 3.82. The van der Waals surface area contributed by atoms with E-state index in [0.29, 0.717) is 26.3 Å². The second kappa shape index (κ2) is 5.74. The third-order valence-electron chi connectivity index (χ3n) is 3.88. The number of hydrogen-bond acceptors (Lipinski definition) is 3. The van der Waals surface area contributed by atoms with E-state index >= 15 is 0 Å². The Morgan fingerprint density at radius 2 is 1.96 bits per heavy atom. The SMILES string of the molecule is Cc1cc(Br)c2c(c1)[C@@](O)(CC(=O)c1ccc(Cl)cc1)C(=O)N2. The predicted molar refractivity (Wildman–Crippen MR) is 91.8 cm³/mol. The Labute approximate surface area is 146 Å². The third kappa shape index (κ3) is 2.80. The smallest absolute Gasteiger partial charge is 0.261 e. The molecule has 6 heteroatoms. The highest BCUT2D eigenvalue weighted by Gasteiger charge is 2.47. The van der Waals surface area contributed by atoms with Gasteiger partial charge >= 0.3 is 0 Å². The number of rotatable bonds is 3. The molecule has 1 aliphatic rings. The van der Waals surface area contributed by atoms with Crippen LogP contribution in [0.5, 0.6) is 0 Å². The highest BCUT2D eigenvalue weighted by atomic mass is 79.9. The molecule has 0 bridgehead atoms. The zero-order valence-corrected chi connectivity index (χ0v) is 14.5. The van der Waals surface area contributed by atoms with Crippen LogP contribution in [0, 0.1) is 6.92 Å². The van der Waals surface area contributed by atoms with Gasteiger partial charge in [-0.1, -0.05) is 17.7 Å². The van der Waals surface area contributed by atoms with Crippen molar-refractivity contribution in [3.05, 3.63) is 62.6 Å². The Hall–Kier alpha value is -1.69. The number of amides is 1. The Kier molecular flexibility index (Phi) is 4.04. The number of carbonyl (C=O) groups excluding carboxylic acids is 2. The largest absolute Gasteiger partial charge is 0.375 e. The van der Waals surface area contributed by atoms with Gasteiger partial charge in [0.1, 0.15) is 0 Å². The average Bonchev–Trinajstić information content (AvgIpc) is 2.73. The molecule has 0 fully saturated rings. The van der Waals surface area contributed by atoms with Crippen LogP contribution in [0.3, 0.4) is 0 Å². The van der Waals surface area contributed by atoms with Gasteiger partial charge in [0.05, 0.1) is 12.1 Å². The molecule has 2 aromatic rings. The van der Waals surface area contributed by atoms with Crippen molar-refractivity contribution in [3.63, 3.8) is 0 Å². The Morgan fingerprint density at radius 3 is 2.61 bits per heavy atom. The Bertz CT molecular complexity index is 819. The molecule has 0 aliphatic carbocycles. The van der Waals surface area contributed by atoms with Gasteiger partial charge in [0.25, 0.3) is 5.91 Å². The summed E-state index contributed by atoms with van der Waals surface area (Å²) in [5.41, 5.74) is 0.324. The molecule has 0 spiro atoms. The molecule has 1 aliphatic heterocycles. The molecule has 2 N–H and O–H groups in total. The summed E-state index contributed by atoms with van der Waals surface area (Å²) in [6.07, 6.45) is -0.330. The first-order valence-corrected chi connectivity index (χ1v) is 8.11. The van der Waals surface area contributed by atoms with Gasteiger partial charge < -0.3 is 10.4 Å². The van der Waals surface area contributed by atoms with E-state index in [1.807, 2.05) is 13.0 Å². The lowest BCUT2D eigenvalue weighted by molar-refractivity contribution is -0.133. The summed E-state index contributed by atoms with van der Waals surface area (Å²) in [5, 5.41) is 14.0. The van der Waals surface area contributed by atoms with Crippen molar-refractivity contribution in [2.45, 2.75) is 18.9 Å². The maximum absolute atomic E-state index is 12.4. The van der Waals surface area contributed by atoms with Crippen LogP contribution in [-0.2, 0) is 10.4 Å². The molecule has 0 saturated heterocycles. The standard InChI is InChI=1S/C17H13BrClNO3/c1-9-6-12-15(13(18)7-9)20-16(22)17(12,23)8-14(21)10-2-4-11(19)5-3-10/h2-7,23H,8H2,1H3,(H,20,22)/t17-/m0/s1. The zero-order chi connectivity index (χ0) is 16.8. The summed E-state index contributed by atoms with van der Waals surface area (Å²) in [7, 11) is 0. The minimum absolute atomic E-state index is 0.329. The van der Waals surface area contributed by atoms with E-state index in [4.69, 9.17) is 11.6 Å². The highest BCUT2D eigenvalue weighted by Crippen LogP contribution is 2.43. The number of nitrogens with one attached hydrogen (secondary N) is 1. The number of benzene rings is 2. The zero-order valence-electron chi connectivity index (χ0n) is 12.2. The number of anilines is 1. The Balaban J connectivity index is 1.98. The van der Waals surface area contributed by atoms with Crippen molar-refractivity contribution < 1.29 is 14.7 Å². The molecule has 4 nitrogen and oxygen atoms in total. The molecule has 2 aromatic carbocycles. The average molecular weight is 395 g/mol. The van der Waals surface area contributed by atoms with Crippen molar-refractivity contribution >= 4 is 44.9 Å². The number of fused-ring (bicyclic) bond motifs is 1. The summed E-state index contributed by atoms with van der Waals surface area (Å²) in [4.78, 5) is 24.7. The molecule has 0 unspecified atom stereocenters. The molecule has 0 radical (unpaired) electrons. The molecular formula is C17H13BrClNO3. The van der Waals surface area contributed by atoms with Crippen LogP contribution in [0.25, 0.3) is 0 Å². The van der Waals surface area contributed by atoms with Gasteiger partial charge in [-0.15, -0.1) is 0 Å². The monoisotopic (exact) mass is 393 g/mol. The Morgan fingerprint density at radius 1 is 1.30 bits per heavy atom. The fraction of sp³-hybridized carbons (Fsp3) is 0.176. The number of ketones is 1. The second-order valence-electron chi connectivity index (χ2n) is 5.59. The minimum Gasteiger partial charge on any atom is -0.375 e. The van der Waals surface area contributed by atoms with E-state index in [1.165, 1.54) is 0 Å². The quantitative estimate of drug-likeness (QED) is 0.778. The van der Waals surface area contributed by atoms with Gasteiger partial charge in [-0.25, -0.2) is 0 Å². The maximum Gasteiger partial charge on any atom is 0.261 e. The van der Waals surface area contributed by atoms with Crippen LogP contribution in [0.15, 0.2) is 40.9 Å². The van der Waals surface area contributed by atoms with Crippen LogP contribution in [-0.4, -0.2) is 16.8 Å². The number of hydrogen-bond donors (Lipinski definition) is 2. The third-order valence-corrected chi connectivity index (χ3v) is 4.75. The van der Waals surface area contributed by atoms with Crippen molar-refractivity contribution in [1.82, 2.24) is 0 Å². The number of carbonyl (C=O) groups is 2. The molecule has 0 aromatic heterocycles. The lowest BCUT2D eigenvalue weighted by atomic mass is 9.87. The van der Waals surface area contributed by atoms with Crippen molar-refractivity contribution in [2.75, 3.05) is 5.32 Å². The topological polar surface area (TPSA) is 66.4 Å². The fourth-order valence-electron chi connectivity index (χ4n) is 2.68. The van der Waals surface area contributed by atoms with E-state index < -0.39 is 11.5 Å². The summed E-state index contributed by atoms with van der Waals surface area (Å²) in [6, 6.07) is 9.91. The van der Waals surface area contributed by atoms with Gasteiger partial charge in [-0.3, -0.25) is 9.59 Å². The van der Waals surface area contributed by atoms with E-state index in [2.05, 4.69) is 21.2 Å². The summed E-state index contributed by atoms with van der Waals surface area (Å²) in [6.45, 7) is 1.86. The highest BCUT2D eigenvalue weighted by molar-refractivity contribution is 9.10. The number of aryl methyl sites for hydroxylation is 1. The van der Waals surface area contributed by atoms with Crippen LogP contribution < -0.4 is 5.32 Å².